The van der Waals surface area contributed by atoms with Crippen molar-refractivity contribution in [1.29, 1.82) is 0 Å². The second-order valence-corrected chi connectivity index (χ2v) is 8.96. The van der Waals surface area contributed by atoms with Crippen LogP contribution in [0.3, 0.4) is 0 Å². The molecule has 1 N–H and O–H groups in total. The predicted octanol–water partition coefficient (Wildman–Crippen LogP) is 3.81. The normalized spacial score (nSPS) is 18.5. The van der Waals surface area contributed by atoms with Crippen LogP contribution in [0.4, 0.5) is 5.13 Å². The summed E-state index contributed by atoms with van der Waals surface area (Å²) in [5, 5.41) is 20.3. The van der Waals surface area contributed by atoms with Crippen molar-refractivity contribution in [1.82, 2.24) is 10.2 Å². The van der Waals surface area contributed by atoms with Crippen LogP contribution in [-0.4, -0.2) is 46.8 Å². The molecule has 0 spiro atoms. The molecule has 0 radical (unpaired) electrons. The number of fused-ring (bicyclic) bond motifs is 1. The third-order valence-electron chi connectivity index (χ3n) is 5.55. The summed E-state index contributed by atoms with van der Waals surface area (Å²) >= 11 is 1.19. The van der Waals surface area contributed by atoms with Crippen LogP contribution in [0.5, 0.6) is 17.2 Å². The van der Waals surface area contributed by atoms with Crippen LogP contribution in [0, 0.1) is 6.92 Å². The SMILES string of the molecule is C=CCOc1ccc(C2/C(=C(\O)c3ccc4c(c3)OCCO4)C(=O)C(=O)N2c2nnc(C)s2)cc1. The first kappa shape index (κ1) is 22.6. The van der Waals surface area contributed by atoms with Crippen molar-refractivity contribution in [2.45, 2.75) is 13.0 Å². The molecule has 1 aromatic heterocycles. The van der Waals surface area contributed by atoms with E-state index in [2.05, 4.69) is 16.8 Å². The van der Waals surface area contributed by atoms with Crippen molar-refractivity contribution in [2.75, 3.05) is 24.7 Å². The fraction of sp³-hybridized carbons (Fsp3) is 0.200. The number of ether oxygens (including phenoxy) is 3. The van der Waals surface area contributed by atoms with Crippen molar-refractivity contribution in [3.8, 4) is 17.2 Å². The van der Waals surface area contributed by atoms with E-state index in [-0.39, 0.29) is 16.5 Å². The summed E-state index contributed by atoms with van der Waals surface area (Å²) in [7, 11) is 0. The first-order valence-electron chi connectivity index (χ1n) is 10.8. The molecule has 2 aliphatic heterocycles. The number of nitrogens with zero attached hydrogens (tertiary/aromatic N) is 3. The van der Waals surface area contributed by atoms with E-state index in [0.29, 0.717) is 53.2 Å². The summed E-state index contributed by atoms with van der Waals surface area (Å²) in [6, 6.07) is 10.9. The van der Waals surface area contributed by atoms with Crippen LogP contribution < -0.4 is 19.1 Å². The molecule has 5 rings (SSSR count). The Labute approximate surface area is 204 Å². The highest BCUT2D eigenvalue weighted by atomic mass is 32.1. The lowest BCUT2D eigenvalue weighted by Gasteiger charge is -2.23. The van der Waals surface area contributed by atoms with E-state index < -0.39 is 17.7 Å². The number of amides is 1. The van der Waals surface area contributed by atoms with Gasteiger partial charge in [0.15, 0.2) is 11.5 Å². The minimum atomic E-state index is -0.913. The highest BCUT2D eigenvalue weighted by molar-refractivity contribution is 7.15. The Morgan fingerprint density at radius 3 is 2.60 bits per heavy atom. The molecule has 1 amide bonds. The van der Waals surface area contributed by atoms with Gasteiger partial charge in [0.2, 0.25) is 5.13 Å². The summed E-state index contributed by atoms with van der Waals surface area (Å²) < 4.78 is 16.7. The van der Waals surface area contributed by atoms with E-state index in [1.165, 1.54) is 16.2 Å². The second kappa shape index (κ2) is 9.22. The highest BCUT2D eigenvalue weighted by Gasteiger charge is 2.48. The number of aryl methyl sites for hydroxylation is 1. The van der Waals surface area contributed by atoms with Gasteiger partial charge < -0.3 is 19.3 Å². The van der Waals surface area contributed by atoms with Crippen molar-refractivity contribution in [3.05, 3.63) is 76.8 Å². The average Bonchev–Trinajstić information content (AvgIpc) is 3.42. The van der Waals surface area contributed by atoms with Crippen LogP contribution in [0.1, 0.15) is 22.2 Å². The molecule has 1 saturated heterocycles. The molecule has 1 fully saturated rings. The molecule has 10 heteroatoms. The molecule has 1 unspecified atom stereocenters. The molecule has 2 aliphatic rings. The van der Waals surface area contributed by atoms with Gasteiger partial charge in [0.1, 0.15) is 36.3 Å². The summed E-state index contributed by atoms with van der Waals surface area (Å²) in [5.74, 6) is -0.330. The zero-order valence-corrected chi connectivity index (χ0v) is 19.6. The lowest BCUT2D eigenvalue weighted by atomic mass is 9.95. The highest BCUT2D eigenvalue weighted by Crippen LogP contribution is 2.44. The quantitative estimate of drug-likeness (QED) is 0.240. The summed E-state index contributed by atoms with van der Waals surface area (Å²) in [4.78, 5) is 27.7. The predicted molar refractivity (Wildman–Crippen MR) is 129 cm³/mol. The fourth-order valence-corrected chi connectivity index (χ4v) is 4.69. The third-order valence-corrected chi connectivity index (χ3v) is 6.38. The third kappa shape index (κ3) is 4.12. The van der Waals surface area contributed by atoms with Gasteiger partial charge in [-0.15, -0.1) is 10.2 Å². The van der Waals surface area contributed by atoms with Gasteiger partial charge in [-0.05, 0) is 42.8 Å². The van der Waals surface area contributed by atoms with Gasteiger partial charge in [0, 0.05) is 5.56 Å². The van der Waals surface area contributed by atoms with Gasteiger partial charge in [-0.25, -0.2) is 0 Å². The zero-order chi connectivity index (χ0) is 24.5. The molecule has 0 aliphatic carbocycles. The molecule has 3 heterocycles. The summed E-state index contributed by atoms with van der Waals surface area (Å²) in [6.07, 6.45) is 1.63. The Balaban J connectivity index is 1.63. The van der Waals surface area contributed by atoms with E-state index >= 15 is 0 Å². The standard InChI is InChI=1S/C25H21N3O6S/c1-3-10-32-17-7-4-15(5-8-17)21-20(23(30)24(31)28(21)25-27-26-14(2)35-25)22(29)16-6-9-18-19(13-16)34-12-11-33-18/h3-9,13,21,29H,1,10-12H2,2H3/b22-20+. The van der Waals surface area contributed by atoms with Crippen LogP contribution in [-0.2, 0) is 9.59 Å². The van der Waals surface area contributed by atoms with Crippen LogP contribution in [0.2, 0.25) is 0 Å². The molecular formula is C25H21N3O6S. The number of carbonyl (C=O) groups is 2. The first-order valence-corrected chi connectivity index (χ1v) is 11.6. The van der Waals surface area contributed by atoms with Gasteiger partial charge in [-0.1, -0.05) is 36.1 Å². The van der Waals surface area contributed by atoms with Crippen LogP contribution in [0.15, 0.2) is 60.7 Å². The van der Waals surface area contributed by atoms with E-state index in [0.717, 1.165) is 0 Å². The van der Waals surface area contributed by atoms with Crippen molar-refractivity contribution < 1.29 is 28.9 Å². The van der Waals surface area contributed by atoms with Gasteiger partial charge in [0.05, 0.1) is 11.6 Å². The number of benzene rings is 2. The number of carbonyl (C=O) groups excluding carboxylic acids is 2. The van der Waals surface area contributed by atoms with E-state index in [1.807, 2.05) is 0 Å². The largest absolute Gasteiger partial charge is 0.507 e. The number of aliphatic hydroxyl groups excluding tert-OH is 1. The maximum atomic E-state index is 13.2. The Bertz CT molecular complexity index is 1350. The average molecular weight is 492 g/mol. The molecule has 35 heavy (non-hydrogen) atoms. The lowest BCUT2D eigenvalue weighted by Crippen LogP contribution is -2.29. The van der Waals surface area contributed by atoms with Crippen LogP contribution >= 0.6 is 11.3 Å². The number of Topliss-reactive ketones (excluding diaryl/α,β-unsaturated/α-hetero) is 1. The molecule has 0 saturated carbocycles. The van der Waals surface area contributed by atoms with Gasteiger partial charge in [-0.3, -0.25) is 14.5 Å². The molecular weight excluding hydrogens is 470 g/mol. The van der Waals surface area contributed by atoms with Crippen LogP contribution in [0.25, 0.3) is 5.76 Å². The van der Waals surface area contributed by atoms with E-state index in [9.17, 15) is 14.7 Å². The second-order valence-electron chi connectivity index (χ2n) is 7.80. The zero-order valence-electron chi connectivity index (χ0n) is 18.8. The number of hydrogen-bond acceptors (Lipinski definition) is 9. The summed E-state index contributed by atoms with van der Waals surface area (Å²) in [6.45, 7) is 6.53. The first-order chi connectivity index (χ1) is 17.0. The Kier molecular flexibility index (Phi) is 5.96. The van der Waals surface area contributed by atoms with Crippen molar-refractivity contribution in [3.63, 3.8) is 0 Å². The number of rotatable bonds is 6. The van der Waals surface area contributed by atoms with Crippen molar-refractivity contribution in [2.24, 2.45) is 0 Å². The number of hydrogen-bond donors (Lipinski definition) is 1. The molecule has 178 valence electrons. The van der Waals surface area contributed by atoms with Gasteiger partial charge in [0.25, 0.3) is 5.78 Å². The number of ketones is 1. The summed E-state index contributed by atoms with van der Waals surface area (Å²) in [5.41, 5.74) is 0.873. The van der Waals surface area contributed by atoms with Crippen molar-refractivity contribution >= 4 is 33.9 Å². The maximum absolute atomic E-state index is 13.2. The molecule has 3 aromatic rings. The van der Waals surface area contributed by atoms with E-state index in [1.54, 1.807) is 55.5 Å². The fourth-order valence-electron chi connectivity index (χ4n) is 3.98. The lowest BCUT2D eigenvalue weighted by molar-refractivity contribution is -0.132. The Hall–Kier alpha value is -4.18. The Morgan fingerprint density at radius 1 is 1.17 bits per heavy atom. The van der Waals surface area contributed by atoms with E-state index in [4.69, 9.17) is 14.2 Å². The molecule has 2 aromatic carbocycles. The topological polar surface area (TPSA) is 111 Å². The minimum absolute atomic E-state index is 0.0562. The number of aliphatic hydroxyl groups is 1. The maximum Gasteiger partial charge on any atom is 0.301 e. The van der Waals surface area contributed by atoms with Gasteiger partial charge in [-0.2, -0.15) is 0 Å². The Morgan fingerprint density at radius 2 is 1.91 bits per heavy atom. The number of anilines is 1. The number of aromatic nitrogens is 2. The monoisotopic (exact) mass is 491 g/mol. The molecule has 9 nitrogen and oxygen atoms in total. The molecule has 0 bridgehead atoms. The minimum Gasteiger partial charge on any atom is -0.507 e. The molecule has 1 atom stereocenters. The van der Waals surface area contributed by atoms with Gasteiger partial charge >= 0.3 is 5.91 Å². The smallest absolute Gasteiger partial charge is 0.301 e.